The van der Waals surface area contributed by atoms with Gasteiger partial charge in [-0.15, -0.1) is 13.2 Å². The molecule has 0 saturated heterocycles. The van der Waals surface area contributed by atoms with Crippen molar-refractivity contribution < 1.29 is 9.52 Å². The SMILES string of the molecule is C=C.C=CI.Cc1ccc(-c2ccccc2)cc1C1=CC(c2cc(-c3ccc4oc5ccccc5c4c3)cc(-n3c4ccccc4c4ccccc43)c2)=CC2CC12O.Cc1ccccc1. The number of fused-ring (bicyclic) bond motifs is 7. The molecule has 4 heteroatoms. The van der Waals surface area contributed by atoms with Crippen LogP contribution in [0.15, 0.2) is 228 Å². The third-order valence-corrected chi connectivity index (χ3v) is 12.5. The van der Waals surface area contributed by atoms with Crippen LogP contribution in [0.25, 0.3) is 82.8 Å². The zero-order valence-corrected chi connectivity index (χ0v) is 38.9. The molecule has 0 spiro atoms. The predicted octanol–water partition coefficient (Wildman–Crippen LogP) is 16.9. The third kappa shape index (κ3) is 8.44. The van der Waals surface area contributed by atoms with Crippen molar-refractivity contribution in [3.8, 4) is 27.9 Å². The van der Waals surface area contributed by atoms with Gasteiger partial charge in [-0.1, -0.05) is 174 Å². The van der Waals surface area contributed by atoms with Crippen molar-refractivity contribution in [2.24, 2.45) is 5.92 Å². The molecule has 1 N–H and O–H groups in total. The molecule has 2 unspecified atom stereocenters. The van der Waals surface area contributed by atoms with Gasteiger partial charge in [0.15, 0.2) is 0 Å². The monoisotopic (exact) mass is 955 g/mol. The molecule has 2 heterocycles. The van der Waals surface area contributed by atoms with E-state index < -0.39 is 5.60 Å². The van der Waals surface area contributed by atoms with E-state index >= 15 is 0 Å². The highest BCUT2D eigenvalue weighted by atomic mass is 127. The van der Waals surface area contributed by atoms with Gasteiger partial charge in [0, 0.05) is 33.2 Å². The van der Waals surface area contributed by atoms with Gasteiger partial charge in [0.2, 0.25) is 0 Å². The quantitative estimate of drug-likeness (QED) is 0.138. The maximum absolute atomic E-state index is 12.0. The molecule has 2 atom stereocenters. The number of aryl methyl sites for hydroxylation is 2. The average Bonchev–Trinajstić information content (AvgIpc) is 3.73. The fourth-order valence-corrected chi connectivity index (χ4v) is 9.26. The summed E-state index contributed by atoms with van der Waals surface area (Å²) in [4.78, 5) is 0. The predicted molar refractivity (Wildman–Crippen MR) is 286 cm³/mol. The molecule has 318 valence electrons. The number of hydrogen-bond acceptors (Lipinski definition) is 2. The number of furan rings is 1. The van der Waals surface area contributed by atoms with E-state index in [1.165, 1.54) is 32.9 Å². The van der Waals surface area contributed by atoms with Crippen LogP contribution in [0.4, 0.5) is 0 Å². The van der Waals surface area contributed by atoms with Gasteiger partial charge >= 0.3 is 0 Å². The van der Waals surface area contributed by atoms with Crippen LogP contribution in [0.3, 0.4) is 0 Å². The van der Waals surface area contributed by atoms with Gasteiger partial charge in [-0.2, -0.15) is 0 Å². The van der Waals surface area contributed by atoms with Crippen LogP contribution in [0.5, 0.6) is 0 Å². The van der Waals surface area contributed by atoms with E-state index in [1.54, 1.807) is 4.08 Å². The highest BCUT2D eigenvalue weighted by molar-refractivity contribution is 14.1. The zero-order chi connectivity index (χ0) is 45.1. The minimum Gasteiger partial charge on any atom is -0.456 e. The number of halogens is 1. The zero-order valence-electron chi connectivity index (χ0n) is 36.7. The Bertz CT molecular complexity index is 3360. The molecule has 1 saturated carbocycles. The number of nitrogens with zero attached hydrogens (tertiary/aromatic N) is 1. The molecule has 3 nitrogen and oxygen atoms in total. The Hall–Kier alpha value is -6.99. The van der Waals surface area contributed by atoms with Crippen LogP contribution in [-0.2, 0) is 0 Å². The van der Waals surface area contributed by atoms with Crippen LogP contribution in [0.1, 0.15) is 28.7 Å². The first-order chi connectivity index (χ1) is 31.8. The smallest absolute Gasteiger partial charge is 0.135 e. The Morgan fingerprint density at radius 2 is 1.14 bits per heavy atom. The Labute approximate surface area is 395 Å². The molecule has 1 fully saturated rings. The average molecular weight is 956 g/mol. The molecular weight excluding hydrogens is 906 g/mol. The van der Waals surface area contributed by atoms with Crippen LogP contribution >= 0.6 is 22.6 Å². The van der Waals surface area contributed by atoms with Crippen molar-refractivity contribution in [3.05, 3.63) is 246 Å². The van der Waals surface area contributed by atoms with E-state index in [0.29, 0.717) is 0 Å². The van der Waals surface area contributed by atoms with Gasteiger partial charge in [-0.3, -0.25) is 0 Å². The molecule has 0 amide bonds. The van der Waals surface area contributed by atoms with E-state index in [9.17, 15) is 5.11 Å². The summed E-state index contributed by atoms with van der Waals surface area (Å²) in [5, 5.41) is 16.7. The summed E-state index contributed by atoms with van der Waals surface area (Å²) in [5.74, 6) is 0.0614. The topological polar surface area (TPSA) is 38.3 Å². The molecule has 2 aliphatic carbocycles. The van der Waals surface area contributed by atoms with Gasteiger partial charge in [0.05, 0.1) is 16.6 Å². The summed E-state index contributed by atoms with van der Waals surface area (Å²) in [6.45, 7) is 13.6. The summed E-state index contributed by atoms with van der Waals surface area (Å²) < 4.78 is 10.3. The first kappa shape index (κ1) is 43.3. The van der Waals surface area contributed by atoms with Crippen molar-refractivity contribution >= 4 is 77.5 Å². The lowest BCUT2D eigenvalue weighted by Crippen LogP contribution is -2.17. The minimum absolute atomic E-state index is 0.0614. The Balaban J connectivity index is 0.000000396. The molecule has 2 aromatic heterocycles. The number of aromatic nitrogens is 1. The summed E-state index contributed by atoms with van der Waals surface area (Å²) >= 11 is 2.05. The summed E-state index contributed by atoms with van der Waals surface area (Å²) in [7, 11) is 0. The maximum Gasteiger partial charge on any atom is 0.135 e. The van der Waals surface area contributed by atoms with Gasteiger partial charge in [-0.25, -0.2) is 0 Å². The normalized spacial score (nSPS) is 15.9. The Morgan fingerprint density at radius 3 is 1.80 bits per heavy atom. The highest BCUT2D eigenvalue weighted by Gasteiger charge is 2.56. The molecule has 65 heavy (non-hydrogen) atoms. The lowest BCUT2D eigenvalue weighted by atomic mass is 9.85. The standard InChI is InChI=1S/C50H35NO2.C7H8.C2H3I.C2H4/c1-31-19-20-33(32-11-3-2-4-12-32)27-43(31)45-29-37(24-38-30-50(38,45)52)36-23-35(34-21-22-49-44(28-34)42-15-7-10-18-48(42)53-49)25-39(26-36)51-46-16-8-5-13-40(46)41-14-6-9-17-47(41)51;1-7-5-3-2-4-6-7;1-2-3;1-2/h2-29,38,52H,30H2,1H3;2-6H,1H3;2H,1H2;1-2H2. The fraction of sp³-hybridized carbons (Fsp3) is 0.0820. The second kappa shape index (κ2) is 18.6. The van der Waals surface area contributed by atoms with E-state index in [4.69, 9.17) is 4.42 Å². The Morgan fingerprint density at radius 1 is 0.585 bits per heavy atom. The molecule has 0 radical (unpaired) electrons. The van der Waals surface area contributed by atoms with E-state index in [-0.39, 0.29) is 5.92 Å². The first-order valence-electron chi connectivity index (χ1n) is 21.9. The first-order valence-corrected chi connectivity index (χ1v) is 23.2. The van der Waals surface area contributed by atoms with Crippen molar-refractivity contribution in [2.75, 3.05) is 0 Å². The largest absolute Gasteiger partial charge is 0.456 e. The van der Waals surface area contributed by atoms with Crippen LogP contribution in [0.2, 0.25) is 0 Å². The lowest BCUT2D eigenvalue weighted by Gasteiger charge is -2.23. The second-order valence-corrected chi connectivity index (χ2v) is 17.4. The summed E-state index contributed by atoms with van der Waals surface area (Å²) in [6, 6.07) is 66.5. The lowest BCUT2D eigenvalue weighted by molar-refractivity contribution is 0.200. The van der Waals surface area contributed by atoms with Gasteiger partial charge in [0.1, 0.15) is 11.2 Å². The molecule has 2 aliphatic rings. The number of para-hydroxylation sites is 3. The van der Waals surface area contributed by atoms with E-state index in [2.05, 4.69) is 225 Å². The van der Waals surface area contributed by atoms with Gasteiger partial charge < -0.3 is 14.1 Å². The van der Waals surface area contributed by atoms with Crippen LogP contribution in [0, 0.1) is 19.8 Å². The molecule has 12 rings (SSSR count). The fourth-order valence-electron chi connectivity index (χ4n) is 9.26. The van der Waals surface area contributed by atoms with Gasteiger partial charge in [-0.05, 0) is 135 Å². The summed E-state index contributed by atoms with van der Waals surface area (Å²) in [5.41, 5.74) is 15.8. The molecule has 0 aliphatic heterocycles. The highest BCUT2D eigenvalue weighted by Crippen LogP contribution is 2.58. The van der Waals surface area contributed by atoms with Crippen molar-refractivity contribution in [1.82, 2.24) is 4.57 Å². The molecule has 8 aromatic carbocycles. The van der Waals surface area contributed by atoms with Crippen molar-refractivity contribution in [1.29, 1.82) is 0 Å². The molecule has 0 bridgehead atoms. The third-order valence-electron chi connectivity index (χ3n) is 12.5. The van der Waals surface area contributed by atoms with Crippen molar-refractivity contribution in [3.63, 3.8) is 0 Å². The maximum atomic E-state index is 12.0. The summed E-state index contributed by atoms with van der Waals surface area (Å²) in [6.07, 6.45) is 5.27. The number of aliphatic hydroxyl groups is 1. The van der Waals surface area contributed by atoms with Crippen molar-refractivity contribution in [2.45, 2.75) is 25.9 Å². The van der Waals surface area contributed by atoms with E-state index in [1.807, 2.05) is 36.4 Å². The number of rotatable bonds is 5. The number of benzene rings is 8. The minimum atomic E-state index is -0.857. The molecule has 10 aromatic rings. The van der Waals surface area contributed by atoms with Crippen LogP contribution < -0.4 is 0 Å². The number of allylic oxidation sites excluding steroid dienone is 2. The van der Waals surface area contributed by atoms with Crippen LogP contribution in [-0.4, -0.2) is 15.3 Å². The molecular formula is C61H50INO2. The second-order valence-electron chi connectivity index (χ2n) is 16.6. The number of hydrogen-bond donors (Lipinski definition) is 1. The van der Waals surface area contributed by atoms with E-state index in [0.717, 1.165) is 78.6 Å². The van der Waals surface area contributed by atoms with Gasteiger partial charge in [0.25, 0.3) is 0 Å². The Kier molecular flexibility index (Phi) is 12.4.